The maximum atomic E-state index is 5.19. The van der Waals surface area contributed by atoms with E-state index in [1.54, 1.807) is 0 Å². The van der Waals surface area contributed by atoms with Gasteiger partial charge in [-0.05, 0) is 49.2 Å². The molecule has 0 bridgehead atoms. The van der Waals surface area contributed by atoms with Gasteiger partial charge in [-0.15, -0.1) is 0 Å². The summed E-state index contributed by atoms with van der Waals surface area (Å²) in [5, 5.41) is 5.58. The Morgan fingerprint density at radius 2 is 0.703 bits per heavy atom. The third-order valence-electron chi connectivity index (χ3n) is 5.78. The molecule has 0 atom stereocenters. The maximum Gasteiger partial charge on any atom is 0.0456 e. The van der Waals surface area contributed by atoms with Gasteiger partial charge in [-0.3, -0.25) is 4.98 Å². The molecule has 0 saturated carbocycles. The summed E-state index contributed by atoms with van der Waals surface area (Å²) < 4.78 is 0. The Bertz CT molecular complexity index is 1150. The van der Waals surface area contributed by atoms with Crippen molar-refractivity contribution in [2.75, 3.05) is 0 Å². The van der Waals surface area contributed by atoms with Crippen molar-refractivity contribution in [1.29, 1.82) is 0 Å². The first-order valence-electron chi connectivity index (χ1n) is 11.8. The minimum Gasteiger partial charge on any atom is -0.257 e. The number of rotatable bonds is 8. The smallest absolute Gasteiger partial charge is 0.0456 e. The molecule has 1 aromatic heterocycles. The van der Waals surface area contributed by atoms with E-state index in [1.165, 1.54) is 32.6 Å². The molecule has 5 aromatic rings. The minimum absolute atomic E-state index is 0.106. The molecule has 0 spiro atoms. The van der Waals surface area contributed by atoms with Crippen LogP contribution in [0.15, 0.2) is 140 Å². The Morgan fingerprint density at radius 1 is 0.432 bits per heavy atom. The standard InChI is InChI=1S/C31H27NP2.2ClH.Pd/c1-5-16-28(17-6-1)33(29-18-7-2-8-19-29)24-26-14-13-15-27(32-26)25-34(30-20-9-3-10-21-30)31-22-11-4-12-23-31;;;/h1-23H,24-25H2;2*1H;/q;;;+2/p-2. The first-order chi connectivity index (χ1) is 18.3. The SMILES string of the molecule is [Cl][Pd][Cl].c1ccc(P(Cc2cccc(CP(c3ccccc3)c3ccccc3)n2)c2ccccc2)cc1. The van der Waals surface area contributed by atoms with E-state index >= 15 is 0 Å². The van der Waals surface area contributed by atoms with E-state index in [9.17, 15) is 0 Å². The van der Waals surface area contributed by atoms with Gasteiger partial charge in [0.05, 0.1) is 0 Å². The molecule has 1 heterocycles. The second-order valence-corrected chi connectivity index (χ2v) is 15.0. The average molecular weight is 653 g/mol. The zero-order valence-corrected chi connectivity index (χ0v) is 25.0. The van der Waals surface area contributed by atoms with Gasteiger partial charge in [0.2, 0.25) is 0 Å². The summed E-state index contributed by atoms with van der Waals surface area (Å²) in [5.74, 6) is 0. The van der Waals surface area contributed by atoms with Crippen LogP contribution < -0.4 is 21.2 Å². The Labute approximate surface area is 238 Å². The number of halogens is 2. The Morgan fingerprint density at radius 3 is 0.973 bits per heavy atom. The van der Waals surface area contributed by atoms with Gasteiger partial charge in [0.15, 0.2) is 0 Å². The van der Waals surface area contributed by atoms with Crippen LogP contribution in [0, 0.1) is 0 Å². The van der Waals surface area contributed by atoms with Crippen LogP contribution in [-0.4, -0.2) is 4.98 Å². The van der Waals surface area contributed by atoms with Crippen molar-refractivity contribution < 1.29 is 15.9 Å². The summed E-state index contributed by atoms with van der Waals surface area (Å²) in [7, 11) is 8.62. The third kappa shape index (κ3) is 8.57. The zero-order chi connectivity index (χ0) is 25.7. The van der Waals surface area contributed by atoms with Gasteiger partial charge in [-0.1, -0.05) is 127 Å². The van der Waals surface area contributed by atoms with E-state index in [0.29, 0.717) is 0 Å². The average Bonchev–Trinajstić information content (AvgIpc) is 2.97. The zero-order valence-electron chi connectivity index (χ0n) is 20.1. The quantitative estimate of drug-likeness (QED) is 0.124. The van der Waals surface area contributed by atoms with Gasteiger partial charge in [0.1, 0.15) is 0 Å². The van der Waals surface area contributed by atoms with Gasteiger partial charge in [-0.2, -0.15) is 0 Å². The van der Waals surface area contributed by atoms with Crippen molar-refractivity contribution in [3.05, 3.63) is 151 Å². The van der Waals surface area contributed by atoms with Crippen molar-refractivity contribution in [3.63, 3.8) is 0 Å². The third-order valence-corrected chi connectivity index (χ3v) is 10.7. The fourth-order valence-corrected chi connectivity index (χ4v) is 8.58. The number of pyridine rings is 1. The van der Waals surface area contributed by atoms with Gasteiger partial charge < -0.3 is 0 Å². The predicted octanol–water partition coefficient (Wildman–Crippen LogP) is 7.72. The fraction of sp³-hybridized carbons (Fsp3) is 0.0645. The van der Waals surface area contributed by atoms with Crippen LogP contribution in [0.25, 0.3) is 0 Å². The van der Waals surface area contributed by atoms with Crippen molar-refractivity contribution in [2.24, 2.45) is 0 Å². The molecule has 37 heavy (non-hydrogen) atoms. The van der Waals surface area contributed by atoms with Crippen molar-refractivity contribution in [3.8, 4) is 0 Å². The molecular weight excluding hydrogens is 626 g/mol. The molecule has 0 N–H and O–H groups in total. The first kappa shape index (κ1) is 28.1. The number of hydrogen-bond acceptors (Lipinski definition) is 1. The molecule has 0 unspecified atom stereocenters. The molecule has 0 aliphatic heterocycles. The van der Waals surface area contributed by atoms with Crippen molar-refractivity contribution >= 4 is 56.1 Å². The molecule has 0 aliphatic carbocycles. The van der Waals surface area contributed by atoms with Crippen LogP contribution >= 0.6 is 34.9 Å². The molecule has 0 saturated heterocycles. The van der Waals surface area contributed by atoms with E-state index in [2.05, 4.69) is 140 Å². The molecule has 0 fully saturated rings. The van der Waals surface area contributed by atoms with E-state index in [1.807, 2.05) is 0 Å². The van der Waals surface area contributed by atoms with Crippen LogP contribution in [0.5, 0.6) is 0 Å². The molecule has 0 radical (unpaired) electrons. The molecular formula is C31H27Cl2NP2Pd. The second kappa shape index (κ2) is 15.5. The normalized spacial score (nSPS) is 10.8. The van der Waals surface area contributed by atoms with Gasteiger partial charge in [-0.25, -0.2) is 0 Å². The Hall–Kier alpha value is -1.87. The summed E-state index contributed by atoms with van der Waals surface area (Å²) in [6.45, 7) is 0. The molecule has 0 aliphatic rings. The van der Waals surface area contributed by atoms with Crippen LogP contribution in [0.3, 0.4) is 0 Å². The molecule has 0 amide bonds. The molecule has 6 heteroatoms. The first-order valence-corrected chi connectivity index (χ1v) is 18.9. The Balaban J connectivity index is 0.00000102. The van der Waals surface area contributed by atoms with Gasteiger partial charge >= 0.3 is 35.0 Å². The van der Waals surface area contributed by atoms with E-state index < -0.39 is 15.8 Å². The summed E-state index contributed by atoms with van der Waals surface area (Å²) in [6, 6.07) is 50.1. The van der Waals surface area contributed by atoms with Crippen LogP contribution in [0.4, 0.5) is 0 Å². The monoisotopic (exact) mass is 651 g/mol. The topological polar surface area (TPSA) is 12.9 Å². The van der Waals surface area contributed by atoms with E-state index in [0.717, 1.165) is 12.3 Å². The summed E-state index contributed by atoms with van der Waals surface area (Å²) >= 11 is -0.106. The van der Waals surface area contributed by atoms with E-state index in [4.69, 9.17) is 24.0 Å². The molecule has 1 nitrogen and oxygen atoms in total. The minimum atomic E-state index is -0.505. The van der Waals surface area contributed by atoms with Crippen LogP contribution in [0.1, 0.15) is 11.4 Å². The fourth-order valence-electron chi connectivity index (χ4n) is 4.12. The number of aromatic nitrogens is 1. The maximum absolute atomic E-state index is 5.19. The van der Waals surface area contributed by atoms with Crippen LogP contribution in [0.2, 0.25) is 0 Å². The van der Waals surface area contributed by atoms with Gasteiger partial charge in [0.25, 0.3) is 0 Å². The Kier molecular flexibility index (Phi) is 11.8. The largest absolute Gasteiger partial charge is 0.257 e. The van der Waals surface area contributed by atoms with Crippen LogP contribution in [-0.2, 0) is 28.3 Å². The number of hydrogen-bond donors (Lipinski definition) is 0. The predicted molar refractivity (Wildman–Crippen MR) is 161 cm³/mol. The van der Waals surface area contributed by atoms with Crippen molar-refractivity contribution in [2.45, 2.75) is 12.3 Å². The number of benzene rings is 4. The molecule has 190 valence electrons. The number of nitrogens with zero attached hydrogens (tertiary/aromatic N) is 1. The van der Waals surface area contributed by atoms with E-state index in [-0.39, 0.29) is 15.9 Å². The summed E-state index contributed by atoms with van der Waals surface area (Å²) in [6.07, 6.45) is 1.90. The molecule has 5 rings (SSSR count). The second-order valence-electron chi connectivity index (χ2n) is 8.18. The summed E-state index contributed by atoms with van der Waals surface area (Å²) in [4.78, 5) is 5.19. The molecule has 4 aromatic carbocycles. The van der Waals surface area contributed by atoms with Gasteiger partial charge in [0, 0.05) is 23.7 Å². The summed E-state index contributed by atoms with van der Waals surface area (Å²) in [5.41, 5.74) is 2.35. The van der Waals surface area contributed by atoms with Crippen molar-refractivity contribution in [1.82, 2.24) is 4.98 Å².